The lowest BCUT2D eigenvalue weighted by atomic mass is 10.1. The Balaban J connectivity index is 1.61. The SMILES string of the molecule is CCOC(=O)CNc1nc2ccc(-c3cnc(OC)c(NS(=O)(=O)c4ccc(F)cc4)c3)cn2n1. The lowest BCUT2D eigenvalue weighted by molar-refractivity contribution is -0.140. The van der Waals surface area contributed by atoms with Gasteiger partial charge in [0.25, 0.3) is 10.0 Å². The summed E-state index contributed by atoms with van der Waals surface area (Å²) >= 11 is 0. The number of fused-ring (bicyclic) bond motifs is 1. The van der Waals surface area contributed by atoms with Crippen LogP contribution in [0.25, 0.3) is 16.8 Å². The number of esters is 1. The summed E-state index contributed by atoms with van der Waals surface area (Å²) < 4.78 is 52.8. The third-order valence-corrected chi connectivity index (χ3v) is 6.15. The van der Waals surface area contributed by atoms with E-state index >= 15 is 0 Å². The van der Waals surface area contributed by atoms with Crippen molar-refractivity contribution in [1.82, 2.24) is 19.6 Å². The van der Waals surface area contributed by atoms with E-state index in [0.29, 0.717) is 16.8 Å². The molecule has 0 saturated carbocycles. The van der Waals surface area contributed by atoms with Gasteiger partial charge < -0.3 is 14.8 Å². The third kappa shape index (κ3) is 5.46. The van der Waals surface area contributed by atoms with Crippen molar-refractivity contribution in [2.45, 2.75) is 11.8 Å². The Morgan fingerprint density at radius 1 is 1.14 bits per heavy atom. The maximum Gasteiger partial charge on any atom is 0.325 e. The summed E-state index contributed by atoms with van der Waals surface area (Å²) in [6.45, 7) is 1.92. The van der Waals surface area contributed by atoms with E-state index in [1.54, 1.807) is 31.3 Å². The largest absolute Gasteiger partial charge is 0.480 e. The molecule has 0 unspecified atom stereocenters. The molecule has 0 radical (unpaired) electrons. The number of hydrogen-bond donors (Lipinski definition) is 2. The lowest BCUT2D eigenvalue weighted by Crippen LogP contribution is -2.17. The Morgan fingerprint density at radius 3 is 2.63 bits per heavy atom. The first-order chi connectivity index (χ1) is 16.8. The zero-order valence-corrected chi connectivity index (χ0v) is 19.5. The second-order valence-corrected chi connectivity index (χ2v) is 8.84. The van der Waals surface area contributed by atoms with Crippen LogP contribution >= 0.6 is 0 Å². The normalized spacial score (nSPS) is 11.3. The Bertz CT molecular complexity index is 1470. The molecule has 0 atom stereocenters. The fraction of sp³-hybridized carbons (Fsp3) is 0.182. The van der Waals surface area contributed by atoms with Gasteiger partial charge in [-0.3, -0.25) is 9.52 Å². The molecule has 0 amide bonds. The molecule has 35 heavy (non-hydrogen) atoms. The van der Waals surface area contributed by atoms with Crippen molar-refractivity contribution >= 4 is 33.3 Å². The van der Waals surface area contributed by atoms with Crippen LogP contribution in [-0.4, -0.2) is 54.2 Å². The number of halogens is 1. The van der Waals surface area contributed by atoms with Crippen molar-refractivity contribution in [2.24, 2.45) is 0 Å². The summed E-state index contributed by atoms with van der Waals surface area (Å²) in [6, 6.07) is 9.48. The highest BCUT2D eigenvalue weighted by atomic mass is 32.2. The van der Waals surface area contributed by atoms with Gasteiger partial charge in [-0.05, 0) is 49.4 Å². The van der Waals surface area contributed by atoms with Crippen molar-refractivity contribution in [3.8, 4) is 17.0 Å². The van der Waals surface area contributed by atoms with Crippen LogP contribution in [-0.2, 0) is 19.6 Å². The van der Waals surface area contributed by atoms with Gasteiger partial charge in [0.2, 0.25) is 11.8 Å². The van der Waals surface area contributed by atoms with Gasteiger partial charge in [0.1, 0.15) is 18.0 Å². The highest BCUT2D eigenvalue weighted by Gasteiger charge is 2.18. The number of anilines is 2. The number of aromatic nitrogens is 4. The molecule has 0 fully saturated rings. The van der Waals surface area contributed by atoms with Crippen LogP contribution in [0.1, 0.15) is 6.92 Å². The van der Waals surface area contributed by atoms with Crippen molar-refractivity contribution in [3.63, 3.8) is 0 Å². The fourth-order valence-electron chi connectivity index (χ4n) is 3.16. The lowest BCUT2D eigenvalue weighted by Gasteiger charge is -2.13. The number of ether oxygens (including phenoxy) is 2. The van der Waals surface area contributed by atoms with E-state index in [1.165, 1.54) is 17.8 Å². The minimum absolute atomic E-state index is 0.0618. The van der Waals surface area contributed by atoms with Crippen LogP contribution < -0.4 is 14.8 Å². The molecule has 0 aliphatic rings. The van der Waals surface area contributed by atoms with Gasteiger partial charge in [0.05, 0.1) is 18.6 Å². The van der Waals surface area contributed by atoms with Gasteiger partial charge >= 0.3 is 5.97 Å². The Labute approximate surface area is 200 Å². The number of hydrogen-bond acceptors (Lipinski definition) is 9. The van der Waals surface area contributed by atoms with E-state index in [0.717, 1.165) is 24.3 Å². The van der Waals surface area contributed by atoms with Crippen LogP contribution in [0.15, 0.2) is 59.8 Å². The Morgan fingerprint density at radius 2 is 1.91 bits per heavy atom. The van der Waals surface area contributed by atoms with E-state index in [-0.39, 0.29) is 35.6 Å². The average molecular weight is 501 g/mol. The number of benzene rings is 1. The standard InChI is InChI=1S/C22H21FN6O5S/c1-3-34-20(30)12-25-22-26-19-9-4-14(13-29(19)27-22)15-10-18(21(33-2)24-11-15)28-35(31,32)17-7-5-16(23)6-8-17/h4-11,13,28H,3,12H2,1-2H3,(H,25,27). The monoisotopic (exact) mass is 500 g/mol. The van der Waals surface area contributed by atoms with Gasteiger partial charge in [-0.15, -0.1) is 5.10 Å². The zero-order chi connectivity index (χ0) is 25.0. The van der Waals surface area contributed by atoms with E-state index < -0.39 is 21.8 Å². The molecule has 3 aromatic heterocycles. The molecule has 0 aliphatic heterocycles. The maximum absolute atomic E-state index is 13.2. The van der Waals surface area contributed by atoms with E-state index in [1.807, 2.05) is 0 Å². The van der Waals surface area contributed by atoms with E-state index in [9.17, 15) is 17.6 Å². The Hall–Kier alpha value is -4.26. The first-order valence-corrected chi connectivity index (χ1v) is 11.9. The van der Waals surface area contributed by atoms with Crippen LogP contribution in [0.4, 0.5) is 16.0 Å². The van der Waals surface area contributed by atoms with Gasteiger partial charge in [-0.1, -0.05) is 0 Å². The molecular weight excluding hydrogens is 479 g/mol. The Kier molecular flexibility index (Phi) is 6.78. The number of nitrogens with zero attached hydrogens (tertiary/aromatic N) is 4. The average Bonchev–Trinajstić information content (AvgIpc) is 3.25. The zero-order valence-electron chi connectivity index (χ0n) is 18.7. The number of pyridine rings is 2. The number of methoxy groups -OCH3 is 1. The molecule has 0 spiro atoms. The highest BCUT2D eigenvalue weighted by molar-refractivity contribution is 7.92. The van der Waals surface area contributed by atoms with Gasteiger partial charge in [-0.25, -0.2) is 22.3 Å². The quantitative estimate of drug-likeness (QED) is 0.332. The summed E-state index contributed by atoms with van der Waals surface area (Å²) in [7, 11) is -2.66. The molecule has 4 rings (SSSR count). The minimum atomic E-state index is -4.02. The number of carbonyl (C=O) groups excluding carboxylic acids is 1. The number of carbonyl (C=O) groups is 1. The topological polar surface area (TPSA) is 137 Å². The van der Waals surface area contributed by atoms with E-state index in [2.05, 4.69) is 25.1 Å². The summed E-state index contributed by atoms with van der Waals surface area (Å²) in [5, 5.41) is 7.09. The number of rotatable bonds is 9. The first-order valence-electron chi connectivity index (χ1n) is 10.4. The maximum atomic E-state index is 13.2. The van der Waals surface area contributed by atoms with Crippen LogP contribution in [0.5, 0.6) is 5.88 Å². The summed E-state index contributed by atoms with van der Waals surface area (Å²) in [6.07, 6.45) is 3.20. The summed E-state index contributed by atoms with van der Waals surface area (Å²) in [5.74, 6) is -0.664. The smallest absolute Gasteiger partial charge is 0.325 e. The molecular formula is C22H21FN6O5S. The summed E-state index contributed by atoms with van der Waals surface area (Å²) in [4.78, 5) is 19.9. The predicted octanol–water partition coefficient (Wildman–Crippen LogP) is 2.71. The van der Waals surface area contributed by atoms with Crippen molar-refractivity contribution in [2.75, 3.05) is 30.3 Å². The molecule has 0 bridgehead atoms. The molecule has 0 saturated heterocycles. The van der Waals surface area contributed by atoms with Crippen molar-refractivity contribution in [3.05, 3.63) is 60.7 Å². The molecule has 2 N–H and O–H groups in total. The summed E-state index contributed by atoms with van der Waals surface area (Å²) in [5.41, 5.74) is 1.86. The van der Waals surface area contributed by atoms with Crippen LogP contribution in [0.3, 0.4) is 0 Å². The first kappa shape index (κ1) is 23.9. The highest BCUT2D eigenvalue weighted by Crippen LogP contribution is 2.30. The number of nitrogens with one attached hydrogen (secondary N) is 2. The molecule has 4 aromatic rings. The van der Waals surface area contributed by atoms with Gasteiger partial charge in [0.15, 0.2) is 5.65 Å². The van der Waals surface area contributed by atoms with Crippen LogP contribution in [0.2, 0.25) is 0 Å². The third-order valence-electron chi connectivity index (χ3n) is 4.77. The van der Waals surface area contributed by atoms with Gasteiger partial charge in [0, 0.05) is 23.5 Å². The molecule has 182 valence electrons. The van der Waals surface area contributed by atoms with Crippen molar-refractivity contribution in [1.29, 1.82) is 0 Å². The van der Waals surface area contributed by atoms with Crippen molar-refractivity contribution < 1.29 is 27.1 Å². The molecule has 0 aliphatic carbocycles. The number of sulfonamides is 1. The van der Waals surface area contributed by atoms with Gasteiger partial charge in [-0.2, -0.15) is 4.98 Å². The molecule has 3 heterocycles. The second-order valence-electron chi connectivity index (χ2n) is 7.15. The van der Waals surface area contributed by atoms with Crippen LogP contribution in [0, 0.1) is 5.82 Å². The fourth-order valence-corrected chi connectivity index (χ4v) is 4.20. The predicted molar refractivity (Wildman–Crippen MR) is 125 cm³/mol. The molecule has 11 nitrogen and oxygen atoms in total. The van der Waals surface area contributed by atoms with E-state index in [4.69, 9.17) is 9.47 Å². The molecule has 1 aromatic carbocycles. The minimum Gasteiger partial charge on any atom is -0.480 e. The molecule has 13 heteroatoms. The second kappa shape index (κ2) is 9.93.